The number of Topliss-reactive ketones (excluding diaryl/α,β-unsaturated/α-hetero) is 1. The molecule has 0 bridgehead atoms. The maximum Gasteiger partial charge on any atom is 0.321 e. The first-order chi connectivity index (χ1) is 12.2. The Labute approximate surface area is 153 Å². The SMILES string of the molecule is COCCNS(=O)(=O)c1cccc(NC(=O)N2C[C@@H](C)C(=O)[C@H](C)C2)c1. The second-order valence-electron chi connectivity index (χ2n) is 6.46. The van der Waals surface area contributed by atoms with Crippen molar-refractivity contribution in [3.8, 4) is 0 Å². The Morgan fingerprint density at radius 3 is 2.54 bits per heavy atom. The van der Waals surface area contributed by atoms with Crippen LogP contribution in [0.2, 0.25) is 0 Å². The summed E-state index contributed by atoms with van der Waals surface area (Å²) < 4.78 is 31.7. The van der Waals surface area contributed by atoms with Crippen LogP contribution in [0.15, 0.2) is 29.2 Å². The number of amides is 2. The molecule has 1 aliphatic rings. The van der Waals surface area contributed by atoms with Crippen LogP contribution >= 0.6 is 0 Å². The predicted molar refractivity (Wildman–Crippen MR) is 97.4 cm³/mol. The highest BCUT2D eigenvalue weighted by Crippen LogP contribution is 2.20. The van der Waals surface area contributed by atoms with E-state index in [1.54, 1.807) is 30.9 Å². The molecule has 0 aliphatic carbocycles. The maximum atomic E-state index is 12.5. The molecule has 2 N–H and O–H groups in total. The molecule has 8 nitrogen and oxygen atoms in total. The summed E-state index contributed by atoms with van der Waals surface area (Å²) in [6.45, 7) is 4.73. The number of hydrogen-bond donors (Lipinski definition) is 2. The topological polar surface area (TPSA) is 105 Å². The van der Waals surface area contributed by atoms with Crippen molar-refractivity contribution in [1.82, 2.24) is 9.62 Å². The smallest absolute Gasteiger partial charge is 0.321 e. The number of nitrogens with one attached hydrogen (secondary N) is 2. The van der Waals surface area contributed by atoms with Crippen molar-refractivity contribution in [3.63, 3.8) is 0 Å². The van der Waals surface area contributed by atoms with Crippen molar-refractivity contribution in [2.24, 2.45) is 11.8 Å². The van der Waals surface area contributed by atoms with E-state index >= 15 is 0 Å². The highest BCUT2D eigenvalue weighted by Gasteiger charge is 2.32. The Morgan fingerprint density at radius 2 is 1.92 bits per heavy atom. The van der Waals surface area contributed by atoms with Crippen molar-refractivity contribution < 1.29 is 22.7 Å². The molecule has 0 radical (unpaired) electrons. The molecule has 2 rings (SSSR count). The van der Waals surface area contributed by atoms with Crippen molar-refractivity contribution >= 4 is 27.5 Å². The van der Waals surface area contributed by atoms with Crippen LogP contribution in [0.25, 0.3) is 0 Å². The molecule has 2 atom stereocenters. The molecule has 0 spiro atoms. The fourth-order valence-electron chi connectivity index (χ4n) is 2.87. The number of ketones is 1. The normalized spacial score (nSPS) is 20.9. The average molecular weight is 383 g/mol. The largest absolute Gasteiger partial charge is 0.383 e. The van der Waals surface area contributed by atoms with Crippen LogP contribution < -0.4 is 10.0 Å². The highest BCUT2D eigenvalue weighted by molar-refractivity contribution is 7.89. The van der Waals surface area contributed by atoms with E-state index in [1.165, 1.54) is 19.2 Å². The number of nitrogens with zero attached hydrogens (tertiary/aromatic N) is 1. The van der Waals surface area contributed by atoms with Gasteiger partial charge in [-0.15, -0.1) is 0 Å². The Morgan fingerprint density at radius 1 is 1.27 bits per heavy atom. The van der Waals surface area contributed by atoms with Gasteiger partial charge >= 0.3 is 6.03 Å². The van der Waals surface area contributed by atoms with Gasteiger partial charge in [0.15, 0.2) is 0 Å². The van der Waals surface area contributed by atoms with Crippen molar-refractivity contribution in [2.75, 3.05) is 38.7 Å². The first-order valence-corrected chi connectivity index (χ1v) is 9.91. The molecular formula is C17H25N3O5S. The minimum atomic E-state index is -3.68. The van der Waals surface area contributed by atoms with Crippen LogP contribution in [0.4, 0.5) is 10.5 Å². The van der Waals surface area contributed by atoms with Gasteiger partial charge in [0, 0.05) is 44.3 Å². The molecule has 2 amide bonds. The van der Waals surface area contributed by atoms with Gasteiger partial charge in [0.1, 0.15) is 5.78 Å². The van der Waals surface area contributed by atoms with E-state index < -0.39 is 10.0 Å². The molecule has 1 heterocycles. The fraction of sp³-hybridized carbons (Fsp3) is 0.529. The number of rotatable bonds is 6. The summed E-state index contributed by atoms with van der Waals surface area (Å²) in [5.41, 5.74) is 0.377. The van der Waals surface area contributed by atoms with Gasteiger partial charge in [0.25, 0.3) is 0 Å². The average Bonchev–Trinajstić information content (AvgIpc) is 2.59. The van der Waals surface area contributed by atoms with E-state index in [9.17, 15) is 18.0 Å². The minimum absolute atomic E-state index is 0.0574. The molecule has 1 aliphatic heterocycles. The molecule has 0 unspecified atom stereocenters. The number of likely N-dealkylation sites (tertiary alicyclic amines) is 1. The summed E-state index contributed by atoms with van der Waals surface area (Å²) in [7, 11) is -2.19. The van der Waals surface area contributed by atoms with Crippen LogP contribution in [0, 0.1) is 11.8 Å². The van der Waals surface area contributed by atoms with Gasteiger partial charge in [-0.3, -0.25) is 4.79 Å². The quantitative estimate of drug-likeness (QED) is 0.721. The number of carbonyl (C=O) groups excluding carboxylic acids is 2. The zero-order valence-corrected chi connectivity index (χ0v) is 16.0. The summed E-state index contributed by atoms with van der Waals surface area (Å²) in [5, 5.41) is 2.71. The molecular weight excluding hydrogens is 358 g/mol. The molecule has 26 heavy (non-hydrogen) atoms. The van der Waals surface area contributed by atoms with Gasteiger partial charge in [0.2, 0.25) is 10.0 Å². The lowest BCUT2D eigenvalue weighted by molar-refractivity contribution is -0.129. The van der Waals surface area contributed by atoms with Crippen LogP contribution in [-0.4, -0.2) is 58.5 Å². The maximum absolute atomic E-state index is 12.5. The zero-order valence-electron chi connectivity index (χ0n) is 15.2. The summed E-state index contributed by atoms with van der Waals surface area (Å²) in [4.78, 5) is 26.0. The third-order valence-electron chi connectivity index (χ3n) is 4.24. The van der Waals surface area contributed by atoms with E-state index in [2.05, 4.69) is 10.0 Å². The van der Waals surface area contributed by atoms with E-state index in [0.717, 1.165) is 0 Å². The molecule has 1 aromatic rings. The molecule has 0 aromatic heterocycles. The molecule has 0 saturated carbocycles. The highest BCUT2D eigenvalue weighted by atomic mass is 32.2. The van der Waals surface area contributed by atoms with Gasteiger partial charge in [-0.1, -0.05) is 19.9 Å². The Balaban J connectivity index is 2.06. The number of hydrogen-bond acceptors (Lipinski definition) is 5. The van der Waals surface area contributed by atoms with E-state index in [1.807, 2.05) is 0 Å². The Hall–Kier alpha value is -1.97. The minimum Gasteiger partial charge on any atom is -0.383 e. The lowest BCUT2D eigenvalue weighted by atomic mass is 9.90. The summed E-state index contributed by atoms with van der Waals surface area (Å²) in [5.74, 6) is -0.258. The van der Waals surface area contributed by atoms with Gasteiger partial charge in [0.05, 0.1) is 11.5 Å². The van der Waals surface area contributed by atoms with Gasteiger partial charge < -0.3 is 15.0 Å². The second kappa shape index (κ2) is 8.61. The van der Waals surface area contributed by atoms with Crippen LogP contribution in [-0.2, 0) is 19.6 Å². The first kappa shape index (κ1) is 20.3. The van der Waals surface area contributed by atoms with Gasteiger partial charge in [-0.05, 0) is 18.2 Å². The molecule has 1 aromatic carbocycles. The van der Waals surface area contributed by atoms with Crippen LogP contribution in [0.1, 0.15) is 13.8 Å². The number of urea groups is 1. The molecule has 1 fully saturated rings. The number of methoxy groups -OCH3 is 1. The van der Waals surface area contributed by atoms with E-state index in [4.69, 9.17) is 4.74 Å². The van der Waals surface area contributed by atoms with Gasteiger partial charge in [-0.2, -0.15) is 0 Å². The standard InChI is InChI=1S/C17H25N3O5S/c1-12-10-20(11-13(2)16(12)21)17(22)19-14-5-4-6-15(9-14)26(23,24)18-7-8-25-3/h4-6,9,12-13,18H,7-8,10-11H2,1-3H3,(H,19,22)/t12-,13-/m1/s1. The Kier molecular flexibility index (Phi) is 6.74. The number of piperidine rings is 1. The molecule has 1 saturated heterocycles. The van der Waals surface area contributed by atoms with Crippen molar-refractivity contribution in [3.05, 3.63) is 24.3 Å². The first-order valence-electron chi connectivity index (χ1n) is 8.43. The number of carbonyl (C=O) groups is 2. The predicted octanol–water partition coefficient (Wildman–Crippen LogP) is 1.30. The van der Waals surface area contributed by atoms with Crippen molar-refractivity contribution in [2.45, 2.75) is 18.7 Å². The third-order valence-corrected chi connectivity index (χ3v) is 5.70. The number of benzene rings is 1. The van der Waals surface area contributed by atoms with Crippen LogP contribution in [0.5, 0.6) is 0 Å². The Bertz CT molecular complexity index is 751. The summed E-state index contributed by atoms with van der Waals surface area (Å²) in [6, 6.07) is 5.68. The lowest BCUT2D eigenvalue weighted by Crippen LogP contribution is -2.49. The third kappa shape index (κ3) is 5.03. The summed E-state index contributed by atoms with van der Waals surface area (Å²) in [6.07, 6.45) is 0. The number of ether oxygens (including phenoxy) is 1. The number of sulfonamides is 1. The fourth-order valence-corrected chi connectivity index (χ4v) is 3.93. The lowest BCUT2D eigenvalue weighted by Gasteiger charge is -2.33. The second-order valence-corrected chi connectivity index (χ2v) is 8.22. The van der Waals surface area contributed by atoms with Gasteiger partial charge in [-0.25, -0.2) is 17.9 Å². The van der Waals surface area contributed by atoms with E-state index in [0.29, 0.717) is 18.8 Å². The van der Waals surface area contributed by atoms with E-state index in [-0.39, 0.29) is 41.7 Å². The zero-order chi connectivity index (χ0) is 19.3. The van der Waals surface area contributed by atoms with Crippen LogP contribution in [0.3, 0.4) is 0 Å². The molecule has 9 heteroatoms. The molecule has 144 valence electrons. The summed E-state index contributed by atoms with van der Waals surface area (Å²) >= 11 is 0. The number of anilines is 1. The monoisotopic (exact) mass is 383 g/mol. The van der Waals surface area contributed by atoms with Crippen molar-refractivity contribution in [1.29, 1.82) is 0 Å².